The minimum atomic E-state index is -0.468. The molecule has 0 radical (unpaired) electrons. The number of non-ortho nitro benzene ring substituents is 1. The van der Waals surface area contributed by atoms with Crippen LogP contribution in [0.2, 0.25) is 5.02 Å². The maximum atomic E-state index is 12.6. The molecule has 1 heterocycles. The van der Waals surface area contributed by atoms with E-state index in [0.29, 0.717) is 29.3 Å². The van der Waals surface area contributed by atoms with Crippen LogP contribution < -0.4 is 21.0 Å². The van der Waals surface area contributed by atoms with Crippen molar-refractivity contribution in [1.29, 1.82) is 0 Å². The molecule has 3 N–H and O–H groups in total. The molecule has 3 aromatic carbocycles. The number of rotatable bonds is 8. The summed E-state index contributed by atoms with van der Waals surface area (Å²) in [6.07, 6.45) is 0.539. The highest BCUT2D eigenvalue weighted by atomic mass is 35.5. The number of hydrogen-bond donors (Lipinski definition) is 3. The molecule has 0 bridgehead atoms. The van der Waals surface area contributed by atoms with Gasteiger partial charge in [-0.15, -0.1) is 0 Å². The number of benzene rings is 3. The lowest BCUT2D eigenvalue weighted by Gasteiger charge is -2.12. The van der Waals surface area contributed by atoms with E-state index in [1.165, 1.54) is 12.1 Å². The van der Waals surface area contributed by atoms with Crippen LogP contribution in [0.15, 0.2) is 77.9 Å². The van der Waals surface area contributed by atoms with Gasteiger partial charge in [0, 0.05) is 28.8 Å². The summed E-state index contributed by atoms with van der Waals surface area (Å²) >= 11 is 6.17. The molecule has 0 saturated carbocycles. The van der Waals surface area contributed by atoms with Gasteiger partial charge in [0.15, 0.2) is 0 Å². The Bertz CT molecular complexity index is 1230. The summed E-state index contributed by atoms with van der Waals surface area (Å²) in [7, 11) is 0. The summed E-state index contributed by atoms with van der Waals surface area (Å²) in [5.41, 5.74) is 11.9. The summed E-state index contributed by atoms with van der Waals surface area (Å²) < 4.78 is 5.83. The first kappa shape index (κ1) is 24.3. The lowest BCUT2D eigenvalue weighted by molar-refractivity contribution is -0.384. The van der Waals surface area contributed by atoms with Gasteiger partial charge in [0.2, 0.25) is 0 Å². The zero-order valence-corrected chi connectivity index (χ0v) is 19.7. The van der Waals surface area contributed by atoms with Crippen molar-refractivity contribution in [2.75, 3.05) is 0 Å². The molecule has 1 aliphatic rings. The molecule has 0 aliphatic carbocycles. The fraction of sp³-hybridized carbons (Fsp3) is 0.200. The van der Waals surface area contributed by atoms with E-state index in [4.69, 9.17) is 16.3 Å². The van der Waals surface area contributed by atoms with Gasteiger partial charge in [0.05, 0.1) is 10.6 Å². The van der Waals surface area contributed by atoms with Crippen molar-refractivity contribution in [2.24, 2.45) is 5.10 Å². The number of amides is 1. The van der Waals surface area contributed by atoms with Crippen molar-refractivity contribution in [1.82, 2.24) is 16.3 Å². The molecule has 35 heavy (non-hydrogen) atoms. The van der Waals surface area contributed by atoms with E-state index in [2.05, 4.69) is 21.4 Å². The number of nitrogens with zero attached hydrogens (tertiary/aromatic N) is 2. The molecular weight excluding hydrogens is 470 g/mol. The summed E-state index contributed by atoms with van der Waals surface area (Å²) in [4.78, 5) is 22.9. The SMILES string of the molecule is C/C(=N/NC(=O)C1CC(c2ccc(OCc3ccccc3Cl)cc2)NN1)c1ccc([N+](=O)[O-])cc1. The maximum Gasteiger partial charge on any atom is 0.269 e. The first-order valence-corrected chi connectivity index (χ1v) is 11.3. The number of nitrogens with one attached hydrogen (secondary N) is 3. The van der Waals surface area contributed by atoms with Crippen LogP contribution in [0.25, 0.3) is 0 Å². The van der Waals surface area contributed by atoms with E-state index in [1.54, 1.807) is 19.1 Å². The van der Waals surface area contributed by atoms with E-state index < -0.39 is 11.0 Å². The third kappa shape index (κ3) is 6.21. The topological polar surface area (TPSA) is 118 Å². The number of hydrogen-bond acceptors (Lipinski definition) is 7. The first-order valence-electron chi connectivity index (χ1n) is 11.0. The molecule has 0 aromatic heterocycles. The van der Waals surface area contributed by atoms with Crippen LogP contribution >= 0.6 is 11.6 Å². The molecule has 9 nitrogen and oxygen atoms in total. The number of carbonyl (C=O) groups excluding carboxylic acids is 1. The molecule has 2 unspecified atom stereocenters. The number of hydrazine groups is 1. The Kier molecular flexibility index (Phi) is 7.71. The van der Waals surface area contributed by atoms with Gasteiger partial charge in [-0.1, -0.05) is 41.9 Å². The van der Waals surface area contributed by atoms with Crippen molar-refractivity contribution in [3.05, 3.63) is 105 Å². The Morgan fingerprint density at radius 1 is 1.11 bits per heavy atom. The fourth-order valence-electron chi connectivity index (χ4n) is 3.63. The summed E-state index contributed by atoms with van der Waals surface area (Å²) in [6, 6.07) is 20.7. The standard InChI is InChI=1S/C25H24ClN5O4/c1-16(17-6-10-20(11-7-17)31(33)34)27-30-25(32)24-14-23(28-29-24)18-8-12-21(13-9-18)35-15-19-4-2-3-5-22(19)26/h2-13,23-24,28-29H,14-15H2,1H3,(H,30,32)/b27-16-. The van der Waals surface area contributed by atoms with Crippen LogP contribution in [0.4, 0.5) is 5.69 Å². The number of nitro groups is 1. The van der Waals surface area contributed by atoms with Crippen molar-refractivity contribution in [3.8, 4) is 5.75 Å². The van der Waals surface area contributed by atoms with Crippen LogP contribution in [0, 0.1) is 10.1 Å². The average Bonchev–Trinajstić information content (AvgIpc) is 3.37. The van der Waals surface area contributed by atoms with Crippen LogP contribution in [0.3, 0.4) is 0 Å². The number of nitro benzene ring substituents is 1. The molecule has 2 atom stereocenters. The minimum absolute atomic E-state index is 0.00181. The molecule has 0 spiro atoms. The van der Waals surface area contributed by atoms with Crippen molar-refractivity contribution in [3.63, 3.8) is 0 Å². The average molecular weight is 494 g/mol. The molecule has 3 aromatic rings. The van der Waals surface area contributed by atoms with Crippen molar-refractivity contribution < 1.29 is 14.5 Å². The van der Waals surface area contributed by atoms with E-state index in [9.17, 15) is 14.9 Å². The van der Waals surface area contributed by atoms with E-state index in [1.807, 2.05) is 48.5 Å². The lowest BCUT2D eigenvalue weighted by atomic mass is 10.0. The van der Waals surface area contributed by atoms with Crippen LogP contribution in [-0.2, 0) is 11.4 Å². The Balaban J connectivity index is 1.28. The van der Waals surface area contributed by atoms with Gasteiger partial charge >= 0.3 is 0 Å². The van der Waals surface area contributed by atoms with Crippen LogP contribution in [0.1, 0.15) is 36.1 Å². The Hall–Kier alpha value is -3.79. The number of hydrazone groups is 1. The third-order valence-corrected chi connectivity index (χ3v) is 6.05. The smallest absolute Gasteiger partial charge is 0.269 e. The Morgan fingerprint density at radius 3 is 2.51 bits per heavy atom. The summed E-state index contributed by atoms with van der Waals surface area (Å²) in [6.45, 7) is 2.10. The highest BCUT2D eigenvalue weighted by Crippen LogP contribution is 2.25. The van der Waals surface area contributed by atoms with Gasteiger partial charge < -0.3 is 4.74 Å². The minimum Gasteiger partial charge on any atom is -0.489 e. The van der Waals surface area contributed by atoms with Crippen molar-refractivity contribution in [2.45, 2.75) is 32.0 Å². The van der Waals surface area contributed by atoms with Gasteiger partial charge in [-0.05, 0) is 54.8 Å². The van der Waals surface area contributed by atoms with E-state index in [0.717, 1.165) is 16.9 Å². The van der Waals surface area contributed by atoms with Gasteiger partial charge in [-0.3, -0.25) is 14.9 Å². The molecule has 1 amide bonds. The Morgan fingerprint density at radius 2 is 1.83 bits per heavy atom. The maximum absolute atomic E-state index is 12.6. The summed E-state index contributed by atoms with van der Waals surface area (Å²) in [5, 5.41) is 15.6. The van der Waals surface area contributed by atoms with Crippen molar-refractivity contribution >= 4 is 28.9 Å². The quantitative estimate of drug-likeness (QED) is 0.245. The highest BCUT2D eigenvalue weighted by molar-refractivity contribution is 6.31. The molecule has 1 fully saturated rings. The fourth-order valence-corrected chi connectivity index (χ4v) is 3.82. The molecule has 1 saturated heterocycles. The zero-order chi connectivity index (χ0) is 24.8. The highest BCUT2D eigenvalue weighted by Gasteiger charge is 2.30. The van der Waals surface area contributed by atoms with E-state index >= 15 is 0 Å². The molecule has 1 aliphatic heterocycles. The largest absolute Gasteiger partial charge is 0.489 e. The normalized spacial score (nSPS) is 17.7. The lowest BCUT2D eigenvalue weighted by Crippen LogP contribution is -2.41. The van der Waals surface area contributed by atoms with Gasteiger partial charge in [-0.25, -0.2) is 16.3 Å². The second kappa shape index (κ2) is 11.1. The van der Waals surface area contributed by atoms with E-state index in [-0.39, 0.29) is 17.6 Å². The monoisotopic (exact) mass is 493 g/mol. The summed E-state index contributed by atoms with van der Waals surface area (Å²) in [5.74, 6) is 0.450. The van der Waals surface area contributed by atoms with Gasteiger partial charge in [0.25, 0.3) is 11.6 Å². The third-order valence-electron chi connectivity index (χ3n) is 5.68. The first-order chi connectivity index (χ1) is 16.9. The molecular formula is C25H24ClN5O4. The molecule has 10 heteroatoms. The predicted octanol–water partition coefficient (Wildman–Crippen LogP) is 4.28. The van der Waals surface area contributed by atoms with Gasteiger partial charge in [-0.2, -0.15) is 5.10 Å². The number of ether oxygens (including phenoxy) is 1. The number of carbonyl (C=O) groups is 1. The molecule has 4 rings (SSSR count). The van der Waals surface area contributed by atoms with Crippen LogP contribution in [-0.4, -0.2) is 22.6 Å². The second-order valence-corrected chi connectivity index (χ2v) is 8.46. The second-order valence-electron chi connectivity index (χ2n) is 8.06. The molecule has 180 valence electrons. The predicted molar refractivity (Wildman–Crippen MR) is 133 cm³/mol. The van der Waals surface area contributed by atoms with Gasteiger partial charge in [0.1, 0.15) is 18.4 Å². The number of halogens is 1. The van der Waals surface area contributed by atoms with Crippen LogP contribution in [0.5, 0.6) is 5.75 Å². The zero-order valence-electron chi connectivity index (χ0n) is 18.9. The Labute approximate surface area is 207 Å².